The number of benzene rings is 1. The molecule has 0 unspecified atom stereocenters. The Hall–Kier alpha value is -2.55. The molecule has 7 nitrogen and oxygen atoms in total. The molecule has 2 aliphatic rings. The maximum atomic E-state index is 13.5. The summed E-state index contributed by atoms with van der Waals surface area (Å²) in [5.41, 5.74) is 11.2. The molecule has 0 fully saturated rings. The summed E-state index contributed by atoms with van der Waals surface area (Å²) in [6.07, 6.45) is 1.62. The number of nitrogens with zero attached hydrogens (tertiary/aromatic N) is 3. The summed E-state index contributed by atoms with van der Waals surface area (Å²) in [5, 5.41) is 0.871. The van der Waals surface area contributed by atoms with E-state index in [4.69, 9.17) is 15.2 Å². The Morgan fingerprint density at radius 2 is 2.07 bits per heavy atom. The van der Waals surface area contributed by atoms with Crippen LogP contribution in [0, 0.1) is 0 Å². The lowest BCUT2D eigenvalue weighted by molar-refractivity contribution is 0.0282. The predicted molar refractivity (Wildman–Crippen MR) is 116 cm³/mol. The molecular weight excluding hydrogens is 448 g/mol. The normalized spacial score (nSPS) is 17.6. The number of likely N-dealkylation sites (N-methyl/N-ethyl adjacent to an activating group) is 1. The molecule has 8 heteroatoms. The number of hydrogen-bond acceptors (Lipinski definition) is 6. The molecule has 2 N–H and O–H groups in total. The van der Waals surface area contributed by atoms with Crippen molar-refractivity contribution in [2.45, 2.75) is 32.8 Å². The summed E-state index contributed by atoms with van der Waals surface area (Å²) in [4.78, 5) is 24.1. The van der Waals surface area contributed by atoms with E-state index in [-0.39, 0.29) is 11.9 Å². The topological polar surface area (TPSA) is 90.6 Å². The van der Waals surface area contributed by atoms with Crippen LogP contribution in [0.15, 0.2) is 34.9 Å². The Labute approximate surface area is 182 Å². The van der Waals surface area contributed by atoms with Gasteiger partial charge in [-0.1, -0.05) is 22.0 Å². The second-order valence-electron chi connectivity index (χ2n) is 7.50. The number of nitrogen functional groups attached to an aromatic ring is 1. The number of aromatic nitrogens is 2. The third-order valence-corrected chi connectivity index (χ3v) is 6.30. The number of carbonyl (C=O) groups excluding carboxylic acids is 1. The monoisotopic (exact) mass is 468 g/mol. The summed E-state index contributed by atoms with van der Waals surface area (Å²) in [7, 11) is 0. The van der Waals surface area contributed by atoms with Crippen LogP contribution in [0.5, 0.6) is 0 Å². The van der Waals surface area contributed by atoms with Gasteiger partial charge < -0.3 is 20.1 Å². The third-order valence-electron chi connectivity index (χ3n) is 5.81. The van der Waals surface area contributed by atoms with Crippen LogP contribution < -0.4 is 5.73 Å². The molecule has 2 aliphatic heterocycles. The zero-order valence-electron chi connectivity index (χ0n) is 16.5. The fraction of sp³-hybridized carbons (Fsp3) is 0.318. The van der Waals surface area contributed by atoms with E-state index in [0.717, 1.165) is 32.1 Å². The second-order valence-corrected chi connectivity index (χ2v) is 8.41. The maximum Gasteiger partial charge on any atom is 0.273 e. The molecule has 5 rings (SSSR count). The molecule has 0 bridgehead atoms. The van der Waals surface area contributed by atoms with Gasteiger partial charge in [0.15, 0.2) is 0 Å². The highest BCUT2D eigenvalue weighted by Crippen LogP contribution is 2.34. The molecule has 3 aromatic rings. The van der Waals surface area contributed by atoms with E-state index in [0.29, 0.717) is 50.0 Å². The van der Waals surface area contributed by atoms with E-state index >= 15 is 0 Å². The molecule has 0 aliphatic carbocycles. The average Bonchev–Trinajstić information content (AvgIpc) is 3.25. The fourth-order valence-electron chi connectivity index (χ4n) is 4.30. The van der Waals surface area contributed by atoms with Crippen molar-refractivity contribution >= 4 is 38.6 Å². The van der Waals surface area contributed by atoms with Crippen molar-refractivity contribution in [3.05, 3.63) is 62.9 Å². The van der Waals surface area contributed by atoms with Crippen LogP contribution in [0.1, 0.15) is 45.7 Å². The number of carbonyl (C=O) groups is 1. The van der Waals surface area contributed by atoms with Gasteiger partial charge in [0.25, 0.3) is 5.91 Å². The van der Waals surface area contributed by atoms with Gasteiger partial charge >= 0.3 is 0 Å². The number of nitrogens with two attached hydrogens (primary N) is 1. The molecular formula is C22H21BrN4O3. The number of rotatable bonds is 3. The summed E-state index contributed by atoms with van der Waals surface area (Å²) in [5.74, 6) is 0.335. The lowest BCUT2D eigenvalue weighted by Gasteiger charge is -2.35. The van der Waals surface area contributed by atoms with Crippen LogP contribution in [0.3, 0.4) is 0 Å². The quantitative estimate of drug-likeness (QED) is 0.629. The van der Waals surface area contributed by atoms with E-state index < -0.39 is 0 Å². The van der Waals surface area contributed by atoms with Gasteiger partial charge in [-0.3, -0.25) is 4.79 Å². The zero-order chi connectivity index (χ0) is 20.8. The van der Waals surface area contributed by atoms with Gasteiger partial charge in [-0.2, -0.15) is 0 Å². The van der Waals surface area contributed by atoms with Crippen LogP contribution in [0.4, 0.5) is 5.82 Å². The van der Waals surface area contributed by atoms with E-state index in [9.17, 15) is 4.79 Å². The predicted octanol–water partition coefficient (Wildman–Crippen LogP) is 3.74. The van der Waals surface area contributed by atoms with Gasteiger partial charge in [0.05, 0.1) is 44.2 Å². The first-order valence-corrected chi connectivity index (χ1v) is 10.7. The van der Waals surface area contributed by atoms with Gasteiger partial charge in [-0.05, 0) is 41.8 Å². The summed E-state index contributed by atoms with van der Waals surface area (Å²) >= 11 is 3.51. The lowest BCUT2D eigenvalue weighted by atomic mass is 9.97. The third kappa shape index (κ3) is 3.15. The highest BCUT2D eigenvalue weighted by Gasteiger charge is 2.31. The Bertz CT molecular complexity index is 1170. The molecule has 154 valence electrons. The molecule has 1 amide bonds. The fourth-order valence-corrected chi connectivity index (χ4v) is 4.71. The number of fused-ring (bicyclic) bond motifs is 4. The van der Waals surface area contributed by atoms with Gasteiger partial charge in [-0.25, -0.2) is 9.97 Å². The van der Waals surface area contributed by atoms with Gasteiger partial charge in [0.2, 0.25) is 0 Å². The molecule has 1 atom stereocenters. The molecule has 0 saturated carbocycles. The van der Waals surface area contributed by atoms with Gasteiger partial charge in [0, 0.05) is 22.0 Å². The Kier molecular flexibility index (Phi) is 4.92. The minimum absolute atomic E-state index is 0.131. The zero-order valence-corrected chi connectivity index (χ0v) is 18.1. The standard InChI is InChI=1S/C22H21BrN4O3/c1-2-27(20-11-29-8-12-5-13(23)3-4-14(12)20)22(28)18-6-15-16-9-30-10-17(16)21(24)26-19(15)7-25-18/h3-7,20H,2,8-11H2,1H3,(H2,24,26)/t20-/m0/s1. The Morgan fingerprint density at radius 3 is 2.90 bits per heavy atom. The number of pyridine rings is 2. The molecule has 0 radical (unpaired) electrons. The van der Waals surface area contributed by atoms with Crippen LogP contribution in [-0.4, -0.2) is 33.9 Å². The number of halogens is 1. The second kappa shape index (κ2) is 7.61. The highest BCUT2D eigenvalue weighted by molar-refractivity contribution is 9.10. The first-order valence-electron chi connectivity index (χ1n) is 9.88. The number of amides is 1. The van der Waals surface area contributed by atoms with Crippen molar-refractivity contribution in [3.63, 3.8) is 0 Å². The smallest absolute Gasteiger partial charge is 0.273 e. The molecule has 0 spiro atoms. The van der Waals surface area contributed by atoms with Crippen LogP contribution >= 0.6 is 15.9 Å². The maximum absolute atomic E-state index is 13.5. The van der Waals surface area contributed by atoms with Gasteiger partial charge in [0.1, 0.15) is 11.5 Å². The highest BCUT2D eigenvalue weighted by atomic mass is 79.9. The van der Waals surface area contributed by atoms with Crippen molar-refractivity contribution in [1.29, 1.82) is 0 Å². The van der Waals surface area contributed by atoms with Crippen molar-refractivity contribution in [1.82, 2.24) is 14.9 Å². The van der Waals surface area contributed by atoms with E-state index in [1.54, 1.807) is 6.20 Å². The van der Waals surface area contributed by atoms with Crippen LogP contribution in [0.25, 0.3) is 10.9 Å². The van der Waals surface area contributed by atoms with Gasteiger partial charge in [-0.15, -0.1) is 0 Å². The Morgan fingerprint density at radius 1 is 1.23 bits per heavy atom. The SMILES string of the molecule is CCN(C(=O)c1cc2c3c(c(N)nc2cn1)COC3)[C@H]1COCc2cc(Br)ccc21. The first-order chi connectivity index (χ1) is 14.6. The summed E-state index contributed by atoms with van der Waals surface area (Å²) < 4.78 is 12.4. The molecule has 2 aromatic heterocycles. The minimum atomic E-state index is -0.157. The average molecular weight is 469 g/mol. The van der Waals surface area contributed by atoms with E-state index in [1.165, 1.54) is 0 Å². The number of hydrogen-bond donors (Lipinski definition) is 1. The van der Waals surface area contributed by atoms with Crippen molar-refractivity contribution in [2.75, 3.05) is 18.9 Å². The lowest BCUT2D eigenvalue weighted by Crippen LogP contribution is -2.39. The number of ether oxygens (including phenoxy) is 2. The van der Waals surface area contributed by atoms with Crippen LogP contribution in [-0.2, 0) is 29.3 Å². The van der Waals surface area contributed by atoms with Crippen molar-refractivity contribution < 1.29 is 14.3 Å². The summed E-state index contributed by atoms with van der Waals surface area (Å²) in [6.45, 7) is 4.44. The largest absolute Gasteiger partial charge is 0.383 e. The van der Waals surface area contributed by atoms with E-state index in [2.05, 4.69) is 32.0 Å². The number of anilines is 1. The van der Waals surface area contributed by atoms with Crippen LogP contribution in [0.2, 0.25) is 0 Å². The van der Waals surface area contributed by atoms with Crippen molar-refractivity contribution in [2.24, 2.45) is 0 Å². The molecule has 0 saturated heterocycles. The summed E-state index contributed by atoms with van der Waals surface area (Å²) in [6, 6.07) is 7.77. The van der Waals surface area contributed by atoms with Crippen molar-refractivity contribution in [3.8, 4) is 0 Å². The van der Waals surface area contributed by atoms with E-state index in [1.807, 2.05) is 30.0 Å². The molecule has 30 heavy (non-hydrogen) atoms. The molecule has 4 heterocycles. The first kappa shape index (κ1) is 19.4. The Balaban J connectivity index is 1.54. The molecule has 1 aromatic carbocycles. The minimum Gasteiger partial charge on any atom is -0.383 e.